The maximum absolute atomic E-state index is 9.81. The molecule has 71 heavy (non-hydrogen) atoms. The van der Waals surface area contributed by atoms with Crippen LogP contribution in [0.3, 0.4) is 0 Å². The van der Waals surface area contributed by atoms with E-state index in [4.69, 9.17) is 4.74 Å². The van der Waals surface area contributed by atoms with E-state index in [0.29, 0.717) is 5.56 Å². The van der Waals surface area contributed by atoms with E-state index in [0.717, 1.165) is 78.1 Å². The number of nitriles is 1. The molecular formula is C67H41BN2O. The Hall–Kier alpha value is -9.43. The van der Waals surface area contributed by atoms with Gasteiger partial charge < -0.3 is 9.30 Å². The van der Waals surface area contributed by atoms with Gasteiger partial charge in [0.1, 0.15) is 11.5 Å². The molecule has 1 aromatic heterocycles. The summed E-state index contributed by atoms with van der Waals surface area (Å²) in [4.78, 5) is 0. The van der Waals surface area contributed by atoms with Crippen LogP contribution < -0.4 is 21.1 Å². The smallest absolute Gasteiger partial charge is 0.256 e. The second-order valence-corrected chi connectivity index (χ2v) is 18.7. The molecule has 0 spiro atoms. The monoisotopic (exact) mass is 900 g/mol. The van der Waals surface area contributed by atoms with Crippen LogP contribution in [0, 0.1) is 11.3 Å². The molecule has 0 fully saturated rings. The van der Waals surface area contributed by atoms with Crippen LogP contribution in [0.15, 0.2) is 249 Å². The van der Waals surface area contributed by atoms with Crippen molar-refractivity contribution >= 4 is 44.9 Å². The zero-order valence-electron chi connectivity index (χ0n) is 38.6. The van der Waals surface area contributed by atoms with Crippen LogP contribution >= 0.6 is 0 Å². The van der Waals surface area contributed by atoms with Crippen molar-refractivity contribution in [3.8, 4) is 101 Å². The van der Waals surface area contributed by atoms with Crippen LogP contribution in [0.1, 0.15) is 5.56 Å². The molecule has 0 radical (unpaired) electrons. The minimum atomic E-state index is -0.207. The van der Waals surface area contributed by atoms with Crippen molar-refractivity contribution in [1.29, 1.82) is 5.26 Å². The fraction of sp³-hybridized carbons (Fsp3) is 0. The minimum absolute atomic E-state index is 0.207. The summed E-state index contributed by atoms with van der Waals surface area (Å²) < 4.78 is 10.1. The van der Waals surface area contributed by atoms with E-state index in [1.165, 1.54) is 55.1 Å². The second-order valence-electron chi connectivity index (χ2n) is 18.7. The Kier molecular flexibility index (Phi) is 9.37. The summed E-state index contributed by atoms with van der Waals surface area (Å²) in [6.07, 6.45) is 0. The van der Waals surface area contributed by atoms with Gasteiger partial charge in [-0.25, -0.2) is 0 Å². The Morgan fingerprint density at radius 3 is 1.49 bits per heavy atom. The van der Waals surface area contributed by atoms with Gasteiger partial charge in [-0.2, -0.15) is 5.26 Å². The van der Waals surface area contributed by atoms with Crippen molar-refractivity contribution in [3.05, 3.63) is 254 Å². The predicted molar refractivity (Wildman–Crippen MR) is 295 cm³/mol. The molecule has 0 aliphatic carbocycles. The Morgan fingerprint density at radius 2 is 0.859 bits per heavy atom. The first-order valence-electron chi connectivity index (χ1n) is 24.2. The van der Waals surface area contributed by atoms with Crippen LogP contribution in [0.2, 0.25) is 0 Å². The lowest BCUT2D eigenvalue weighted by Crippen LogP contribution is -2.58. The Balaban J connectivity index is 1.13. The van der Waals surface area contributed by atoms with Gasteiger partial charge in [0.2, 0.25) is 0 Å². The molecule has 0 saturated heterocycles. The average molecular weight is 901 g/mol. The summed E-state index contributed by atoms with van der Waals surface area (Å²) in [5, 5.41) is 12.2. The van der Waals surface area contributed by atoms with Crippen molar-refractivity contribution in [2.45, 2.75) is 0 Å². The van der Waals surface area contributed by atoms with Gasteiger partial charge in [0.25, 0.3) is 6.71 Å². The molecule has 0 amide bonds. The first kappa shape index (κ1) is 40.6. The van der Waals surface area contributed by atoms with Gasteiger partial charge in [-0.1, -0.05) is 200 Å². The lowest BCUT2D eigenvalue weighted by Gasteiger charge is -2.35. The lowest BCUT2D eigenvalue weighted by atomic mass is 9.34. The van der Waals surface area contributed by atoms with E-state index in [1.54, 1.807) is 0 Å². The molecule has 4 heteroatoms. The van der Waals surface area contributed by atoms with E-state index in [-0.39, 0.29) is 6.71 Å². The van der Waals surface area contributed by atoms with Gasteiger partial charge in [-0.15, -0.1) is 0 Å². The molecule has 14 rings (SSSR count). The van der Waals surface area contributed by atoms with Crippen molar-refractivity contribution < 1.29 is 4.74 Å². The number of aromatic nitrogens is 1. The fourth-order valence-electron chi connectivity index (χ4n) is 11.4. The number of ether oxygens (including phenoxy) is 1. The minimum Gasteiger partial charge on any atom is -0.458 e. The molecule has 0 N–H and O–H groups in total. The van der Waals surface area contributed by atoms with Crippen LogP contribution in [0.4, 0.5) is 0 Å². The highest BCUT2D eigenvalue weighted by Gasteiger charge is 2.42. The van der Waals surface area contributed by atoms with E-state index < -0.39 is 0 Å². The largest absolute Gasteiger partial charge is 0.458 e. The summed E-state index contributed by atoms with van der Waals surface area (Å²) in [5.41, 5.74) is 23.3. The summed E-state index contributed by atoms with van der Waals surface area (Å²) in [6, 6.07) is 91.9. The van der Waals surface area contributed by atoms with E-state index in [2.05, 4.69) is 247 Å². The highest BCUT2D eigenvalue weighted by atomic mass is 16.5. The molecule has 328 valence electrons. The third-order valence-electron chi connectivity index (χ3n) is 14.7. The molecule has 0 atom stereocenters. The fourth-order valence-corrected chi connectivity index (χ4v) is 11.4. The maximum Gasteiger partial charge on any atom is 0.256 e. The number of hydrogen-bond acceptors (Lipinski definition) is 2. The molecule has 3 heterocycles. The highest BCUT2D eigenvalue weighted by molar-refractivity contribution is 6.99. The van der Waals surface area contributed by atoms with Gasteiger partial charge in [-0.05, 0) is 137 Å². The summed E-state index contributed by atoms with van der Waals surface area (Å²) in [5.74, 6) is 1.67. The van der Waals surface area contributed by atoms with Crippen LogP contribution in [0.5, 0.6) is 11.5 Å². The van der Waals surface area contributed by atoms with Gasteiger partial charge in [0.05, 0.1) is 17.1 Å². The lowest BCUT2D eigenvalue weighted by molar-refractivity contribution is 0.489. The molecule has 2 aliphatic heterocycles. The molecule has 3 nitrogen and oxygen atoms in total. The molecular weight excluding hydrogens is 860 g/mol. The van der Waals surface area contributed by atoms with Crippen molar-refractivity contribution in [1.82, 2.24) is 4.57 Å². The topological polar surface area (TPSA) is 38.0 Å². The van der Waals surface area contributed by atoms with Crippen LogP contribution in [-0.2, 0) is 0 Å². The predicted octanol–water partition coefficient (Wildman–Crippen LogP) is 15.3. The zero-order valence-corrected chi connectivity index (χ0v) is 38.6. The maximum atomic E-state index is 9.81. The SMILES string of the molecule is N#Cc1ccc(-c2cc3c4c(c2)-n2c5ccc(-c6ccccc6)cc5c5cc(-c6ccccc6)cc(c52)B4c2cc(-c4ccccc4-c4ccccc4)cc(-c4ccccc4-c4ccccc4)c2O3)cc1. The first-order valence-corrected chi connectivity index (χ1v) is 24.2. The van der Waals surface area contributed by atoms with E-state index >= 15 is 0 Å². The van der Waals surface area contributed by atoms with Crippen LogP contribution in [-0.4, -0.2) is 11.3 Å². The normalized spacial score (nSPS) is 12.0. The Morgan fingerprint density at radius 1 is 0.366 bits per heavy atom. The van der Waals surface area contributed by atoms with Crippen molar-refractivity contribution in [2.75, 3.05) is 0 Å². The van der Waals surface area contributed by atoms with Crippen molar-refractivity contribution in [3.63, 3.8) is 0 Å². The van der Waals surface area contributed by atoms with E-state index in [9.17, 15) is 5.26 Å². The quantitative estimate of drug-likeness (QED) is 0.150. The number of nitrogens with zero attached hydrogens (tertiary/aromatic N) is 2. The summed E-state index contributed by atoms with van der Waals surface area (Å²) >= 11 is 0. The van der Waals surface area contributed by atoms with Gasteiger partial charge in [0.15, 0.2) is 0 Å². The van der Waals surface area contributed by atoms with Crippen molar-refractivity contribution in [2.24, 2.45) is 0 Å². The highest BCUT2D eigenvalue weighted by Crippen LogP contribution is 2.47. The molecule has 0 saturated carbocycles. The average Bonchev–Trinajstić information content (AvgIpc) is 3.78. The molecule has 11 aromatic carbocycles. The van der Waals surface area contributed by atoms with E-state index in [1.807, 2.05) is 12.1 Å². The van der Waals surface area contributed by atoms with Gasteiger partial charge >= 0.3 is 0 Å². The van der Waals surface area contributed by atoms with Crippen LogP contribution in [0.25, 0.3) is 105 Å². The Labute approximate surface area is 412 Å². The molecule has 0 unspecified atom stereocenters. The summed E-state index contributed by atoms with van der Waals surface area (Å²) in [6.45, 7) is -0.207. The summed E-state index contributed by atoms with van der Waals surface area (Å²) in [7, 11) is 0. The molecule has 2 aliphatic rings. The number of hydrogen-bond donors (Lipinski definition) is 0. The number of benzene rings is 11. The molecule has 0 bridgehead atoms. The first-order chi connectivity index (χ1) is 35.2. The third kappa shape index (κ3) is 6.59. The van der Waals surface area contributed by atoms with Gasteiger partial charge in [-0.3, -0.25) is 0 Å². The Bertz CT molecular complexity index is 4120. The number of fused-ring (bicyclic) bond motifs is 7. The standard InChI is InChI=1S/C67H41BN2O/c69-42-43-29-31-46(32-30-43)51-40-63-65-64(41-51)71-67-59(56-28-16-15-26-54(56)48-23-11-4-12-24-48)37-52(55-27-14-13-25-53(55)47-21-9-3-10-22-47)39-61(67)68(65)60-38-50(45-19-7-2-8-20-45)36-58-57-35-49(44-17-5-1-6-18-44)33-34-62(57)70(63)66(58)60/h1-41H. The molecule has 12 aromatic rings. The number of rotatable bonds is 7. The second kappa shape index (κ2) is 16.4. The zero-order chi connectivity index (χ0) is 47.0. The van der Waals surface area contributed by atoms with Gasteiger partial charge in [0, 0.05) is 27.5 Å². The third-order valence-corrected chi connectivity index (χ3v) is 14.7.